The van der Waals surface area contributed by atoms with Gasteiger partial charge in [-0.25, -0.2) is 0 Å². The number of rotatable bonds is 43. The summed E-state index contributed by atoms with van der Waals surface area (Å²) in [5, 5.41) is 0. The average Bonchev–Trinajstić information content (AvgIpc) is 3.23. The molecule has 6 heteroatoms. The van der Waals surface area contributed by atoms with E-state index < -0.39 is 6.10 Å². The number of hydrogen-bond acceptors (Lipinski definition) is 6. The number of hydrogen-bond donors (Lipinski definition) is 0. The Kier molecular flexibility index (Phi) is 45.0. The minimum Gasteiger partial charge on any atom is -0.462 e. The number of unbranched alkanes of at least 4 members (excludes halogenated alkanes) is 20. The van der Waals surface area contributed by atoms with Crippen LogP contribution in [0.2, 0.25) is 0 Å². The normalized spacial score (nSPS) is 12.7. The van der Waals surface area contributed by atoms with Gasteiger partial charge in [0.25, 0.3) is 0 Å². The van der Waals surface area contributed by atoms with Crippen molar-refractivity contribution in [3.05, 3.63) is 72.9 Å². The molecule has 0 bridgehead atoms. The third-order valence-corrected chi connectivity index (χ3v) is 10.2. The summed E-state index contributed by atoms with van der Waals surface area (Å²) in [6.07, 6.45) is 59.0. The van der Waals surface area contributed by atoms with Crippen molar-refractivity contribution < 1.29 is 28.6 Å². The number of ether oxygens (including phenoxy) is 3. The lowest BCUT2D eigenvalue weighted by Crippen LogP contribution is -2.30. The van der Waals surface area contributed by atoms with E-state index in [1.165, 1.54) is 64.2 Å². The lowest BCUT2D eigenvalue weighted by Gasteiger charge is -2.18. The summed E-state index contributed by atoms with van der Waals surface area (Å²) in [7, 11) is 0. The zero-order valence-corrected chi connectivity index (χ0v) is 38.5. The Morgan fingerprint density at radius 2 is 0.695 bits per heavy atom. The summed E-state index contributed by atoms with van der Waals surface area (Å²) in [5.74, 6) is -0.915. The predicted molar refractivity (Wildman–Crippen MR) is 251 cm³/mol. The molecule has 0 aromatic heterocycles. The van der Waals surface area contributed by atoms with Gasteiger partial charge in [0, 0.05) is 19.3 Å². The molecule has 0 spiro atoms. The monoisotopic (exact) mass is 823 g/mol. The van der Waals surface area contributed by atoms with Crippen LogP contribution in [-0.2, 0) is 28.6 Å². The van der Waals surface area contributed by atoms with Crippen LogP contribution < -0.4 is 0 Å². The zero-order valence-electron chi connectivity index (χ0n) is 38.5. The van der Waals surface area contributed by atoms with Crippen molar-refractivity contribution >= 4 is 17.9 Å². The third kappa shape index (κ3) is 45.8. The number of allylic oxidation sites excluding steroid dienone is 12. The molecule has 1 unspecified atom stereocenters. The van der Waals surface area contributed by atoms with Crippen LogP contribution in [0.1, 0.15) is 226 Å². The van der Waals surface area contributed by atoms with E-state index in [-0.39, 0.29) is 31.1 Å². The van der Waals surface area contributed by atoms with Gasteiger partial charge in [0.1, 0.15) is 13.2 Å². The second-order valence-electron chi connectivity index (χ2n) is 16.0. The van der Waals surface area contributed by atoms with E-state index in [1.807, 2.05) is 0 Å². The van der Waals surface area contributed by atoms with Crippen LogP contribution in [-0.4, -0.2) is 37.2 Å². The number of carbonyl (C=O) groups is 3. The van der Waals surface area contributed by atoms with Crippen LogP contribution in [0.25, 0.3) is 0 Å². The van der Waals surface area contributed by atoms with E-state index in [4.69, 9.17) is 14.2 Å². The molecule has 59 heavy (non-hydrogen) atoms. The van der Waals surface area contributed by atoms with Crippen LogP contribution in [0.15, 0.2) is 72.9 Å². The topological polar surface area (TPSA) is 78.9 Å². The van der Waals surface area contributed by atoms with Gasteiger partial charge in [-0.1, -0.05) is 196 Å². The summed E-state index contributed by atoms with van der Waals surface area (Å²) < 4.78 is 16.7. The van der Waals surface area contributed by atoms with Crippen molar-refractivity contribution in [2.24, 2.45) is 0 Å². The van der Waals surface area contributed by atoms with Crippen LogP contribution in [0, 0.1) is 0 Å². The van der Waals surface area contributed by atoms with Gasteiger partial charge in [-0.3, -0.25) is 14.4 Å². The first-order valence-electron chi connectivity index (χ1n) is 24.4. The summed E-state index contributed by atoms with van der Waals surface area (Å²) in [4.78, 5) is 37.7. The maximum Gasteiger partial charge on any atom is 0.306 e. The van der Waals surface area contributed by atoms with Crippen molar-refractivity contribution in [3.8, 4) is 0 Å². The van der Waals surface area contributed by atoms with Gasteiger partial charge in [0.05, 0.1) is 0 Å². The summed E-state index contributed by atoms with van der Waals surface area (Å²) in [6.45, 7) is 6.39. The van der Waals surface area contributed by atoms with Gasteiger partial charge in [-0.15, -0.1) is 0 Å². The molecule has 0 amide bonds. The molecule has 0 heterocycles. The van der Waals surface area contributed by atoms with Crippen molar-refractivity contribution in [2.45, 2.75) is 232 Å². The summed E-state index contributed by atoms with van der Waals surface area (Å²) in [5.41, 5.74) is 0. The zero-order chi connectivity index (χ0) is 43.0. The van der Waals surface area contributed by atoms with Crippen LogP contribution in [0.5, 0.6) is 0 Å². The molecule has 338 valence electrons. The molecule has 0 radical (unpaired) electrons. The fourth-order valence-electron chi connectivity index (χ4n) is 6.53. The first-order chi connectivity index (χ1) is 29.0. The number of esters is 3. The molecule has 0 saturated carbocycles. The molecule has 0 rings (SSSR count). The fraction of sp³-hybridized carbons (Fsp3) is 0.717. The minimum absolute atomic E-state index is 0.0836. The molecule has 0 aromatic carbocycles. The smallest absolute Gasteiger partial charge is 0.306 e. The predicted octanol–water partition coefficient (Wildman–Crippen LogP) is 15.9. The lowest BCUT2D eigenvalue weighted by atomic mass is 10.1. The van der Waals surface area contributed by atoms with Gasteiger partial charge in [-0.05, 0) is 83.5 Å². The summed E-state index contributed by atoms with van der Waals surface area (Å²) >= 11 is 0. The van der Waals surface area contributed by atoms with Crippen LogP contribution in [0.4, 0.5) is 0 Å². The van der Waals surface area contributed by atoms with E-state index in [1.54, 1.807) is 0 Å². The maximum atomic E-state index is 12.7. The molecule has 0 aliphatic rings. The molecule has 0 aliphatic carbocycles. The Morgan fingerprint density at radius 1 is 0.356 bits per heavy atom. The molecular formula is C53H90O6. The van der Waals surface area contributed by atoms with E-state index in [0.717, 1.165) is 122 Å². The highest BCUT2D eigenvalue weighted by atomic mass is 16.6. The Balaban J connectivity index is 4.26. The third-order valence-electron chi connectivity index (χ3n) is 10.2. The van der Waals surface area contributed by atoms with E-state index in [2.05, 4.69) is 93.7 Å². The van der Waals surface area contributed by atoms with E-state index >= 15 is 0 Å². The van der Waals surface area contributed by atoms with Gasteiger partial charge in [0.2, 0.25) is 0 Å². The Morgan fingerprint density at radius 3 is 1.10 bits per heavy atom. The van der Waals surface area contributed by atoms with Crippen molar-refractivity contribution in [3.63, 3.8) is 0 Å². The molecule has 0 fully saturated rings. The average molecular weight is 823 g/mol. The molecular weight excluding hydrogens is 733 g/mol. The quantitative estimate of drug-likeness (QED) is 0.0264. The Labute approximate surface area is 363 Å². The highest BCUT2D eigenvalue weighted by molar-refractivity contribution is 5.71. The largest absolute Gasteiger partial charge is 0.462 e. The van der Waals surface area contributed by atoms with Gasteiger partial charge in [-0.2, -0.15) is 0 Å². The van der Waals surface area contributed by atoms with E-state index in [9.17, 15) is 14.4 Å². The van der Waals surface area contributed by atoms with E-state index in [0.29, 0.717) is 19.3 Å². The second kappa shape index (κ2) is 47.5. The first kappa shape index (κ1) is 55.9. The Bertz CT molecular complexity index is 1130. The number of carbonyl (C=O) groups excluding carboxylic acids is 3. The van der Waals surface area contributed by atoms with Gasteiger partial charge in [0.15, 0.2) is 6.10 Å². The molecule has 0 aliphatic heterocycles. The molecule has 6 nitrogen and oxygen atoms in total. The van der Waals surface area contributed by atoms with Crippen molar-refractivity contribution in [1.82, 2.24) is 0 Å². The molecule has 0 N–H and O–H groups in total. The SMILES string of the molecule is CC/C=C\C/C=C\C/C=C\C/C=C\CCCCCCCCCCC(=O)OCC(COC(=O)CCCCCCCCC)OC(=O)CCCCCCC/C=C\C/C=C\CCC. The van der Waals surface area contributed by atoms with Crippen molar-refractivity contribution in [1.29, 1.82) is 0 Å². The first-order valence-corrected chi connectivity index (χ1v) is 24.4. The van der Waals surface area contributed by atoms with Crippen molar-refractivity contribution in [2.75, 3.05) is 13.2 Å². The fourth-order valence-corrected chi connectivity index (χ4v) is 6.53. The molecule has 0 saturated heterocycles. The highest BCUT2D eigenvalue weighted by Gasteiger charge is 2.19. The minimum atomic E-state index is -0.782. The lowest BCUT2D eigenvalue weighted by molar-refractivity contribution is -0.167. The van der Waals surface area contributed by atoms with Crippen LogP contribution >= 0.6 is 0 Å². The molecule has 1 atom stereocenters. The van der Waals surface area contributed by atoms with Crippen LogP contribution in [0.3, 0.4) is 0 Å². The maximum absolute atomic E-state index is 12.7. The summed E-state index contributed by atoms with van der Waals surface area (Å²) in [6, 6.07) is 0. The second-order valence-corrected chi connectivity index (χ2v) is 16.0. The van der Waals surface area contributed by atoms with Gasteiger partial charge >= 0.3 is 17.9 Å². The highest BCUT2D eigenvalue weighted by Crippen LogP contribution is 2.14. The molecule has 0 aromatic rings. The van der Waals surface area contributed by atoms with Gasteiger partial charge < -0.3 is 14.2 Å². The Hall–Kier alpha value is -3.15. The standard InChI is InChI=1S/C53H90O6/c1-4-7-10-13-16-18-20-22-23-24-25-26-27-28-29-31-32-34-37-40-43-46-52(55)58-49-50(48-57-51(54)45-42-39-36-15-12-9-6-3)59-53(56)47-44-41-38-35-33-30-21-19-17-14-11-8-5-2/h7,10-11,14,16,18-19,21-23,25-26,50H,4-6,8-9,12-13,15,17,20,24,27-49H2,1-3H3/b10-7-,14-11-,18-16-,21-19-,23-22-,26-25-.